The Bertz CT molecular complexity index is 535. The van der Waals surface area contributed by atoms with Gasteiger partial charge in [-0.15, -0.1) is 0 Å². The molecule has 0 aliphatic heterocycles. The second-order valence-corrected chi connectivity index (χ2v) is 3.36. The van der Waals surface area contributed by atoms with Gasteiger partial charge in [-0.2, -0.15) is 0 Å². The zero-order valence-electron chi connectivity index (χ0n) is 8.35. The van der Waals surface area contributed by atoms with Crippen LogP contribution in [0.15, 0.2) is 48.5 Å². The van der Waals surface area contributed by atoms with Crippen LogP contribution in [0.3, 0.4) is 0 Å². The molecule has 0 atom stereocenters. The van der Waals surface area contributed by atoms with Gasteiger partial charge in [0.2, 0.25) is 0 Å². The summed E-state index contributed by atoms with van der Waals surface area (Å²) in [6, 6.07) is 11.6. The van der Waals surface area contributed by atoms with Crippen molar-refractivity contribution in [1.29, 1.82) is 0 Å². The molecule has 80 valence electrons. The number of para-hydroxylation sites is 1. The van der Waals surface area contributed by atoms with Gasteiger partial charge in [-0.3, -0.25) is 4.79 Å². The van der Waals surface area contributed by atoms with E-state index in [1.807, 2.05) is 0 Å². The predicted octanol–water partition coefficient (Wildman–Crippen LogP) is 2.76. The molecule has 0 heterocycles. The standard InChI is InChI=1S/C13H9FO2/c14-10-5-3-4-9(8-10)13(16)11-6-1-2-7-12(11)15/h1-8,15H. The van der Waals surface area contributed by atoms with Crippen molar-refractivity contribution < 1.29 is 14.3 Å². The molecule has 0 aliphatic rings. The fourth-order valence-corrected chi connectivity index (χ4v) is 1.45. The first-order valence-corrected chi connectivity index (χ1v) is 4.77. The Morgan fingerprint density at radius 2 is 1.81 bits per heavy atom. The van der Waals surface area contributed by atoms with Crippen molar-refractivity contribution in [2.75, 3.05) is 0 Å². The quantitative estimate of drug-likeness (QED) is 0.784. The molecule has 1 N–H and O–H groups in total. The minimum atomic E-state index is -0.471. The molecule has 0 saturated carbocycles. The topological polar surface area (TPSA) is 37.3 Å². The summed E-state index contributed by atoms with van der Waals surface area (Å²) < 4.78 is 12.9. The van der Waals surface area contributed by atoms with Crippen LogP contribution < -0.4 is 0 Å². The van der Waals surface area contributed by atoms with E-state index in [0.29, 0.717) is 0 Å². The summed E-state index contributed by atoms with van der Waals surface area (Å²) in [5, 5.41) is 9.50. The number of hydrogen-bond donors (Lipinski definition) is 1. The molecule has 0 aliphatic carbocycles. The number of ketones is 1. The molecule has 0 bridgehead atoms. The van der Waals surface area contributed by atoms with Crippen LogP contribution in [0, 0.1) is 5.82 Å². The number of carbonyl (C=O) groups excluding carboxylic acids is 1. The lowest BCUT2D eigenvalue weighted by Gasteiger charge is -2.03. The average molecular weight is 216 g/mol. The third-order valence-electron chi connectivity index (χ3n) is 2.24. The molecule has 2 rings (SSSR count). The number of phenolic OH excluding ortho intramolecular Hbond substituents is 1. The van der Waals surface area contributed by atoms with Crippen LogP contribution in [0.25, 0.3) is 0 Å². The number of halogens is 1. The highest BCUT2D eigenvalue weighted by atomic mass is 19.1. The highest BCUT2D eigenvalue weighted by Gasteiger charge is 2.12. The van der Waals surface area contributed by atoms with Crippen LogP contribution in [0.4, 0.5) is 4.39 Å². The molecule has 0 radical (unpaired) electrons. The summed E-state index contributed by atoms with van der Waals surface area (Å²) in [5.41, 5.74) is 0.398. The summed E-state index contributed by atoms with van der Waals surface area (Å²) in [7, 11) is 0. The summed E-state index contributed by atoms with van der Waals surface area (Å²) in [5.74, 6) is -0.962. The van der Waals surface area contributed by atoms with Gasteiger partial charge in [0.25, 0.3) is 0 Å². The maximum Gasteiger partial charge on any atom is 0.196 e. The van der Waals surface area contributed by atoms with E-state index in [1.54, 1.807) is 12.1 Å². The lowest BCUT2D eigenvalue weighted by molar-refractivity contribution is 0.103. The molecule has 0 fully saturated rings. The van der Waals surface area contributed by atoms with Crippen molar-refractivity contribution in [3.63, 3.8) is 0 Å². The van der Waals surface area contributed by atoms with Gasteiger partial charge in [-0.1, -0.05) is 24.3 Å². The van der Waals surface area contributed by atoms with E-state index in [0.717, 1.165) is 6.07 Å². The van der Waals surface area contributed by atoms with Gasteiger partial charge >= 0.3 is 0 Å². The Kier molecular flexibility index (Phi) is 2.68. The van der Waals surface area contributed by atoms with Crippen LogP contribution in [0.2, 0.25) is 0 Å². The van der Waals surface area contributed by atoms with Gasteiger partial charge in [0, 0.05) is 5.56 Å². The molecule has 0 saturated heterocycles. The van der Waals surface area contributed by atoms with Gasteiger partial charge in [0.05, 0.1) is 5.56 Å². The van der Waals surface area contributed by atoms with Crippen molar-refractivity contribution in [2.24, 2.45) is 0 Å². The number of rotatable bonds is 2. The lowest BCUT2D eigenvalue weighted by atomic mass is 10.0. The molecule has 0 spiro atoms. The average Bonchev–Trinajstić information content (AvgIpc) is 2.29. The van der Waals surface area contributed by atoms with Crippen molar-refractivity contribution in [3.05, 3.63) is 65.5 Å². The number of hydrogen-bond acceptors (Lipinski definition) is 2. The van der Waals surface area contributed by atoms with E-state index in [1.165, 1.54) is 30.3 Å². The molecule has 0 aromatic heterocycles. The Morgan fingerprint density at radius 1 is 1.06 bits per heavy atom. The van der Waals surface area contributed by atoms with Crippen LogP contribution >= 0.6 is 0 Å². The summed E-state index contributed by atoms with van der Waals surface area (Å²) in [6.45, 7) is 0. The molecule has 3 heteroatoms. The Hall–Kier alpha value is -2.16. The zero-order valence-corrected chi connectivity index (χ0v) is 8.35. The molecule has 0 amide bonds. The number of aromatic hydroxyl groups is 1. The number of carbonyl (C=O) groups is 1. The first kappa shape index (κ1) is 10.4. The fraction of sp³-hybridized carbons (Fsp3) is 0. The van der Waals surface area contributed by atoms with Gasteiger partial charge in [-0.05, 0) is 24.3 Å². The maximum atomic E-state index is 12.9. The van der Waals surface area contributed by atoms with E-state index >= 15 is 0 Å². The monoisotopic (exact) mass is 216 g/mol. The van der Waals surface area contributed by atoms with Gasteiger partial charge in [-0.25, -0.2) is 4.39 Å². The first-order valence-electron chi connectivity index (χ1n) is 4.77. The summed E-state index contributed by atoms with van der Waals surface area (Å²) in [6.07, 6.45) is 0. The minimum absolute atomic E-state index is 0.100. The van der Waals surface area contributed by atoms with E-state index in [4.69, 9.17) is 0 Å². The predicted molar refractivity (Wildman–Crippen MR) is 57.9 cm³/mol. The largest absolute Gasteiger partial charge is 0.507 e. The van der Waals surface area contributed by atoms with Crippen LogP contribution in [0.1, 0.15) is 15.9 Å². The third kappa shape index (κ3) is 1.93. The molecule has 0 unspecified atom stereocenters. The molecular formula is C13H9FO2. The fourth-order valence-electron chi connectivity index (χ4n) is 1.45. The summed E-state index contributed by atoms with van der Waals surface area (Å²) in [4.78, 5) is 11.9. The molecular weight excluding hydrogens is 207 g/mol. The van der Waals surface area contributed by atoms with E-state index in [-0.39, 0.29) is 16.9 Å². The maximum absolute atomic E-state index is 12.9. The van der Waals surface area contributed by atoms with Crippen molar-refractivity contribution in [2.45, 2.75) is 0 Å². The Labute approximate surface area is 92.0 Å². The van der Waals surface area contributed by atoms with Gasteiger partial charge in [0.15, 0.2) is 5.78 Å². The van der Waals surface area contributed by atoms with Crippen molar-refractivity contribution >= 4 is 5.78 Å². The minimum Gasteiger partial charge on any atom is -0.507 e. The zero-order chi connectivity index (χ0) is 11.5. The Morgan fingerprint density at radius 3 is 2.50 bits per heavy atom. The van der Waals surface area contributed by atoms with Crippen molar-refractivity contribution in [3.8, 4) is 5.75 Å². The first-order chi connectivity index (χ1) is 7.68. The lowest BCUT2D eigenvalue weighted by Crippen LogP contribution is -2.01. The highest BCUT2D eigenvalue weighted by Crippen LogP contribution is 2.19. The van der Waals surface area contributed by atoms with Crippen LogP contribution in [-0.2, 0) is 0 Å². The second kappa shape index (κ2) is 4.14. The molecule has 16 heavy (non-hydrogen) atoms. The van der Waals surface area contributed by atoms with Gasteiger partial charge < -0.3 is 5.11 Å². The highest BCUT2D eigenvalue weighted by molar-refractivity contribution is 6.10. The van der Waals surface area contributed by atoms with Crippen molar-refractivity contribution in [1.82, 2.24) is 0 Å². The SMILES string of the molecule is O=C(c1cccc(F)c1)c1ccccc1O. The third-order valence-corrected chi connectivity index (χ3v) is 2.24. The molecule has 2 aromatic carbocycles. The van der Waals surface area contributed by atoms with E-state index < -0.39 is 11.6 Å². The number of phenols is 1. The van der Waals surface area contributed by atoms with E-state index in [9.17, 15) is 14.3 Å². The normalized spacial score (nSPS) is 10.1. The molecule has 2 nitrogen and oxygen atoms in total. The van der Waals surface area contributed by atoms with Gasteiger partial charge in [0.1, 0.15) is 11.6 Å². The van der Waals surface area contributed by atoms with Crippen LogP contribution in [-0.4, -0.2) is 10.9 Å². The Balaban J connectivity index is 2.44. The smallest absolute Gasteiger partial charge is 0.196 e. The summed E-state index contributed by atoms with van der Waals surface area (Å²) >= 11 is 0. The number of benzene rings is 2. The van der Waals surface area contributed by atoms with E-state index in [2.05, 4.69) is 0 Å². The second-order valence-electron chi connectivity index (χ2n) is 3.36. The van der Waals surface area contributed by atoms with Crippen LogP contribution in [0.5, 0.6) is 5.75 Å². The molecule has 2 aromatic rings.